The van der Waals surface area contributed by atoms with Crippen LogP contribution in [0.15, 0.2) is 18.2 Å². The third kappa shape index (κ3) is 6.14. The second-order valence-electron chi connectivity index (χ2n) is 8.61. The van der Waals surface area contributed by atoms with E-state index in [1.165, 1.54) is 25.3 Å². The Balaban J connectivity index is 1.98. The standard InChI is InChI=1S/C22H32F2N2O4/c1-14(20(27)25-12-11-15-16(23)8-6-9-17(15)24)19(29-5)18-10-7-13-26(18)21(28)30-22(2,3)4/h6,8-9,14,18-19H,7,10-13H2,1-5H3,(H,25,27). The molecule has 1 aliphatic heterocycles. The van der Waals surface area contributed by atoms with Crippen LogP contribution in [0, 0.1) is 17.6 Å². The maximum Gasteiger partial charge on any atom is 0.410 e. The van der Waals surface area contributed by atoms with Gasteiger partial charge in [-0.3, -0.25) is 4.79 Å². The third-order valence-corrected chi connectivity index (χ3v) is 5.22. The fourth-order valence-electron chi connectivity index (χ4n) is 3.77. The molecule has 3 atom stereocenters. The SMILES string of the molecule is COC(C(C)C(=O)NCCc1c(F)cccc1F)C1CCCN1C(=O)OC(C)(C)C. The van der Waals surface area contributed by atoms with Crippen molar-refractivity contribution in [2.45, 2.75) is 64.7 Å². The fourth-order valence-corrected chi connectivity index (χ4v) is 3.77. The molecular formula is C22H32F2N2O4. The Morgan fingerprint density at radius 3 is 2.47 bits per heavy atom. The van der Waals surface area contributed by atoms with Crippen molar-refractivity contribution in [3.63, 3.8) is 0 Å². The summed E-state index contributed by atoms with van der Waals surface area (Å²) in [6.07, 6.45) is 0.600. The minimum Gasteiger partial charge on any atom is -0.444 e. The zero-order valence-corrected chi connectivity index (χ0v) is 18.3. The first-order valence-electron chi connectivity index (χ1n) is 10.3. The van der Waals surface area contributed by atoms with Crippen molar-refractivity contribution in [1.82, 2.24) is 10.2 Å². The molecule has 6 nitrogen and oxygen atoms in total. The van der Waals surface area contributed by atoms with Crippen LogP contribution in [-0.2, 0) is 20.7 Å². The van der Waals surface area contributed by atoms with E-state index in [9.17, 15) is 18.4 Å². The predicted octanol–water partition coefficient (Wildman–Crippen LogP) is 3.67. The van der Waals surface area contributed by atoms with Crippen molar-refractivity contribution in [2.24, 2.45) is 5.92 Å². The lowest BCUT2D eigenvalue weighted by Crippen LogP contribution is -2.50. The van der Waals surface area contributed by atoms with Crippen LogP contribution in [0.4, 0.5) is 13.6 Å². The largest absolute Gasteiger partial charge is 0.444 e. The van der Waals surface area contributed by atoms with Crippen LogP contribution in [0.25, 0.3) is 0 Å². The summed E-state index contributed by atoms with van der Waals surface area (Å²) in [5.74, 6) is -2.12. The number of carbonyl (C=O) groups is 2. The molecule has 168 valence electrons. The van der Waals surface area contributed by atoms with Crippen molar-refractivity contribution in [2.75, 3.05) is 20.2 Å². The molecule has 1 aromatic rings. The summed E-state index contributed by atoms with van der Waals surface area (Å²) in [4.78, 5) is 26.8. The van der Waals surface area contributed by atoms with Crippen LogP contribution in [0.1, 0.15) is 46.1 Å². The molecule has 3 unspecified atom stereocenters. The first-order valence-corrected chi connectivity index (χ1v) is 10.3. The molecule has 0 saturated carbocycles. The average Bonchev–Trinajstić information content (AvgIpc) is 3.12. The van der Waals surface area contributed by atoms with E-state index in [0.717, 1.165) is 6.42 Å². The highest BCUT2D eigenvalue weighted by molar-refractivity contribution is 5.79. The molecule has 1 heterocycles. The van der Waals surface area contributed by atoms with Crippen LogP contribution < -0.4 is 5.32 Å². The van der Waals surface area contributed by atoms with Crippen LogP contribution in [0.2, 0.25) is 0 Å². The molecule has 0 aliphatic carbocycles. The number of methoxy groups -OCH3 is 1. The monoisotopic (exact) mass is 426 g/mol. The Hall–Kier alpha value is -2.22. The predicted molar refractivity (Wildman–Crippen MR) is 109 cm³/mol. The Bertz CT molecular complexity index is 731. The Kier molecular flexibility index (Phi) is 8.18. The zero-order valence-electron chi connectivity index (χ0n) is 18.3. The van der Waals surface area contributed by atoms with E-state index >= 15 is 0 Å². The molecule has 1 fully saturated rings. The molecule has 2 rings (SSSR count). The number of amides is 2. The smallest absolute Gasteiger partial charge is 0.410 e. The second kappa shape index (κ2) is 10.2. The van der Waals surface area contributed by atoms with Gasteiger partial charge in [0.15, 0.2) is 0 Å². The molecule has 0 spiro atoms. The maximum absolute atomic E-state index is 13.7. The van der Waals surface area contributed by atoms with Crippen molar-refractivity contribution < 1.29 is 27.8 Å². The highest BCUT2D eigenvalue weighted by Gasteiger charge is 2.41. The van der Waals surface area contributed by atoms with Gasteiger partial charge in [0.1, 0.15) is 17.2 Å². The lowest BCUT2D eigenvalue weighted by Gasteiger charge is -2.34. The van der Waals surface area contributed by atoms with Gasteiger partial charge in [0, 0.05) is 25.8 Å². The molecule has 1 aliphatic rings. The number of benzene rings is 1. The van der Waals surface area contributed by atoms with Crippen molar-refractivity contribution in [3.05, 3.63) is 35.4 Å². The van der Waals surface area contributed by atoms with Gasteiger partial charge >= 0.3 is 6.09 Å². The molecule has 1 saturated heterocycles. The fraction of sp³-hybridized carbons (Fsp3) is 0.636. The van der Waals surface area contributed by atoms with E-state index in [1.54, 1.807) is 32.6 Å². The first-order chi connectivity index (χ1) is 14.0. The molecule has 30 heavy (non-hydrogen) atoms. The van der Waals surface area contributed by atoms with Crippen LogP contribution in [-0.4, -0.2) is 54.8 Å². The zero-order chi connectivity index (χ0) is 22.5. The van der Waals surface area contributed by atoms with E-state index in [2.05, 4.69) is 5.32 Å². The van der Waals surface area contributed by atoms with E-state index < -0.39 is 35.4 Å². The Morgan fingerprint density at radius 2 is 1.90 bits per heavy atom. The number of hydrogen-bond acceptors (Lipinski definition) is 4. The van der Waals surface area contributed by atoms with E-state index in [0.29, 0.717) is 13.0 Å². The molecule has 1 aromatic carbocycles. The van der Waals surface area contributed by atoms with Crippen LogP contribution in [0.3, 0.4) is 0 Å². The number of nitrogens with one attached hydrogen (secondary N) is 1. The van der Waals surface area contributed by atoms with Gasteiger partial charge in [-0.15, -0.1) is 0 Å². The number of likely N-dealkylation sites (tertiary alicyclic amines) is 1. The minimum absolute atomic E-state index is 0.0437. The summed E-state index contributed by atoms with van der Waals surface area (Å²) in [7, 11) is 1.51. The molecule has 0 radical (unpaired) electrons. The lowest BCUT2D eigenvalue weighted by atomic mass is 9.95. The highest BCUT2D eigenvalue weighted by Crippen LogP contribution is 2.28. The normalized spacial score (nSPS) is 18.8. The number of nitrogens with zero attached hydrogens (tertiary/aromatic N) is 1. The van der Waals surface area contributed by atoms with E-state index in [1.807, 2.05) is 0 Å². The van der Waals surface area contributed by atoms with Gasteiger partial charge in [-0.2, -0.15) is 0 Å². The molecule has 1 N–H and O–H groups in total. The van der Waals surface area contributed by atoms with Crippen LogP contribution in [0.5, 0.6) is 0 Å². The first kappa shape index (κ1) is 24.1. The number of rotatable bonds is 7. The Morgan fingerprint density at radius 1 is 1.27 bits per heavy atom. The van der Waals surface area contributed by atoms with Gasteiger partial charge in [0.25, 0.3) is 0 Å². The summed E-state index contributed by atoms with van der Waals surface area (Å²) < 4.78 is 38.6. The molecule has 0 bridgehead atoms. The lowest BCUT2D eigenvalue weighted by molar-refractivity contribution is -0.130. The van der Waals surface area contributed by atoms with Gasteiger partial charge in [0.2, 0.25) is 5.91 Å². The summed E-state index contributed by atoms with van der Waals surface area (Å²) >= 11 is 0. The van der Waals surface area contributed by atoms with Crippen LogP contribution >= 0.6 is 0 Å². The highest BCUT2D eigenvalue weighted by atomic mass is 19.1. The van der Waals surface area contributed by atoms with Gasteiger partial charge in [-0.05, 0) is 52.2 Å². The summed E-state index contributed by atoms with van der Waals surface area (Å²) in [5, 5.41) is 2.72. The van der Waals surface area contributed by atoms with Crippen molar-refractivity contribution >= 4 is 12.0 Å². The summed E-state index contributed by atoms with van der Waals surface area (Å²) in [5.41, 5.74) is -0.668. The number of ether oxygens (including phenoxy) is 2. The number of halogens is 2. The average molecular weight is 427 g/mol. The van der Waals surface area contributed by atoms with Crippen molar-refractivity contribution in [1.29, 1.82) is 0 Å². The Labute approximate surface area is 176 Å². The molecule has 2 amide bonds. The third-order valence-electron chi connectivity index (χ3n) is 5.22. The van der Waals surface area contributed by atoms with Gasteiger partial charge < -0.3 is 19.7 Å². The van der Waals surface area contributed by atoms with Crippen molar-refractivity contribution in [3.8, 4) is 0 Å². The maximum atomic E-state index is 13.7. The summed E-state index contributed by atoms with van der Waals surface area (Å²) in [6, 6.07) is 3.40. The minimum atomic E-state index is -0.633. The summed E-state index contributed by atoms with van der Waals surface area (Å²) in [6.45, 7) is 7.77. The number of hydrogen-bond donors (Lipinski definition) is 1. The number of carbonyl (C=O) groups excluding carboxylic acids is 2. The van der Waals surface area contributed by atoms with Gasteiger partial charge in [0.05, 0.1) is 18.1 Å². The molecular weight excluding hydrogens is 394 g/mol. The van der Waals surface area contributed by atoms with E-state index in [4.69, 9.17) is 9.47 Å². The second-order valence-corrected chi connectivity index (χ2v) is 8.61. The quantitative estimate of drug-likeness (QED) is 0.722. The van der Waals surface area contributed by atoms with E-state index in [-0.39, 0.29) is 30.5 Å². The van der Waals surface area contributed by atoms with Gasteiger partial charge in [-0.1, -0.05) is 13.0 Å². The molecule has 0 aromatic heterocycles. The topological polar surface area (TPSA) is 67.9 Å². The van der Waals surface area contributed by atoms with Gasteiger partial charge in [-0.25, -0.2) is 13.6 Å². The molecule has 8 heteroatoms.